The number of nitrogens with one attached hydrogen (secondary N) is 1. The Morgan fingerprint density at radius 1 is 1.13 bits per heavy atom. The lowest BCUT2D eigenvalue weighted by molar-refractivity contribution is -0.139. The lowest BCUT2D eigenvalue weighted by Gasteiger charge is -2.06. The second-order valence-corrected chi connectivity index (χ2v) is 4.47. The monoisotopic (exact) mass is 314 g/mol. The first kappa shape index (κ1) is 16.0. The van der Waals surface area contributed by atoms with Gasteiger partial charge in [0.05, 0.1) is 6.21 Å². The number of aromatic hydroxyl groups is 1. The van der Waals surface area contributed by atoms with Crippen molar-refractivity contribution < 1.29 is 24.5 Å². The van der Waals surface area contributed by atoms with Crippen molar-refractivity contribution in [2.75, 3.05) is 6.61 Å². The minimum absolute atomic E-state index is 0.0644. The number of hydrogen-bond donors (Lipinski definition) is 3. The van der Waals surface area contributed by atoms with Crippen molar-refractivity contribution in [3.05, 3.63) is 59.7 Å². The molecule has 7 heteroatoms. The van der Waals surface area contributed by atoms with Crippen molar-refractivity contribution in [2.45, 2.75) is 0 Å². The first-order valence-corrected chi connectivity index (χ1v) is 6.62. The molecule has 0 unspecified atom stereocenters. The largest absolute Gasteiger partial charge is 0.508 e. The number of carboxylic acids is 1. The molecule has 0 aromatic heterocycles. The zero-order valence-electron chi connectivity index (χ0n) is 12.0. The van der Waals surface area contributed by atoms with Gasteiger partial charge in [-0.25, -0.2) is 10.2 Å². The topological polar surface area (TPSA) is 108 Å². The summed E-state index contributed by atoms with van der Waals surface area (Å²) in [6.07, 6.45) is 1.36. The normalized spacial score (nSPS) is 10.4. The van der Waals surface area contributed by atoms with E-state index in [1.54, 1.807) is 24.3 Å². The first-order chi connectivity index (χ1) is 11.1. The quantitative estimate of drug-likeness (QED) is 0.554. The van der Waals surface area contributed by atoms with Crippen LogP contribution < -0.4 is 10.2 Å². The molecule has 0 aliphatic heterocycles. The fourth-order valence-electron chi connectivity index (χ4n) is 1.70. The third-order valence-corrected chi connectivity index (χ3v) is 2.77. The van der Waals surface area contributed by atoms with E-state index in [-0.39, 0.29) is 5.75 Å². The average molecular weight is 314 g/mol. The van der Waals surface area contributed by atoms with Crippen LogP contribution in [0.1, 0.15) is 15.9 Å². The molecule has 0 atom stereocenters. The molecule has 0 saturated heterocycles. The highest BCUT2D eigenvalue weighted by molar-refractivity contribution is 5.95. The lowest BCUT2D eigenvalue weighted by Crippen LogP contribution is -2.17. The second kappa shape index (κ2) is 7.60. The minimum Gasteiger partial charge on any atom is -0.508 e. The summed E-state index contributed by atoms with van der Waals surface area (Å²) in [6, 6.07) is 12.4. The van der Waals surface area contributed by atoms with Gasteiger partial charge in [-0.2, -0.15) is 5.10 Å². The van der Waals surface area contributed by atoms with Crippen LogP contribution in [0, 0.1) is 0 Å². The smallest absolute Gasteiger partial charge is 0.341 e. The molecule has 118 valence electrons. The van der Waals surface area contributed by atoms with Crippen LogP contribution in [-0.2, 0) is 4.79 Å². The molecule has 3 N–H and O–H groups in total. The Morgan fingerprint density at radius 3 is 2.52 bits per heavy atom. The number of amides is 1. The Balaban J connectivity index is 2.01. The Labute approximate surface area is 131 Å². The van der Waals surface area contributed by atoms with Gasteiger partial charge in [0.25, 0.3) is 5.91 Å². The maximum atomic E-state index is 11.8. The van der Waals surface area contributed by atoms with Crippen LogP contribution in [0.2, 0.25) is 0 Å². The van der Waals surface area contributed by atoms with Crippen LogP contribution in [0.15, 0.2) is 53.6 Å². The number of para-hydroxylation sites is 1. The summed E-state index contributed by atoms with van der Waals surface area (Å²) in [5.74, 6) is -1.12. The Hall–Kier alpha value is -3.35. The molecule has 0 fully saturated rings. The lowest BCUT2D eigenvalue weighted by atomic mass is 10.2. The van der Waals surface area contributed by atoms with Crippen molar-refractivity contribution >= 4 is 18.1 Å². The van der Waals surface area contributed by atoms with Gasteiger partial charge in [0, 0.05) is 11.1 Å². The van der Waals surface area contributed by atoms with Crippen molar-refractivity contribution in [2.24, 2.45) is 5.10 Å². The fraction of sp³-hybridized carbons (Fsp3) is 0.0625. The summed E-state index contributed by atoms with van der Waals surface area (Å²) >= 11 is 0. The van der Waals surface area contributed by atoms with E-state index in [0.717, 1.165) is 0 Å². The molecule has 0 bridgehead atoms. The summed E-state index contributed by atoms with van der Waals surface area (Å²) < 4.78 is 5.12. The average Bonchev–Trinajstić information content (AvgIpc) is 2.54. The van der Waals surface area contributed by atoms with Gasteiger partial charge in [0.2, 0.25) is 0 Å². The third-order valence-electron chi connectivity index (χ3n) is 2.77. The number of hydrazone groups is 1. The van der Waals surface area contributed by atoms with E-state index in [1.165, 1.54) is 30.5 Å². The second-order valence-electron chi connectivity index (χ2n) is 4.47. The maximum absolute atomic E-state index is 11.8. The molecular formula is C16H14N2O5. The van der Waals surface area contributed by atoms with Gasteiger partial charge in [-0.1, -0.05) is 12.1 Å². The molecule has 0 radical (unpaired) electrons. The zero-order valence-corrected chi connectivity index (χ0v) is 12.0. The van der Waals surface area contributed by atoms with Gasteiger partial charge in [-0.15, -0.1) is 0 Å². The maximum Gasteiger partial charge on any atom is 0.341 e. The molecule has 2 aromatic rings. The van der Waals surface area contributed by atoms with Crippen molar-refractivity contribution in [1.82, 2.24) is 5.43 Å². The summed E-state index contributed by atoms with van der Waals surface area (Å²) in [5, 5.41) is 21.6. The molecule has 0 spiro atoms. The predicted molar refractivity (Wildman–Crippen MR) is 82.7 cm³/mol. The summed E-state index contributed by atoms with van der Waals surface area (Å²) in [4.78, 5) is 22.4. The number of carbonyl (C=O) groups excluding carboxylic acids is 1. The summed E-state index contributed by atoms with van der Waals surface area (Å²) in [6.45, 7) is -0.468. The number of phenolic OH excluding ortho intramolecular Hbond substituents is 1. The summed E-state index contributed by atoms with van der Waals surface area (Å²) in [5.41, 5.74) is 3.21. The molecule has 0 saturated carbocycles. The van der Waals surface area contributed by atoms with Crippen LogP contribution in [0.5, 0.6) is 11.5 Å². The first-order valence-electron chi connectivity index (χ1n) is 6.62. The number of carbonyl (C=O) groups is 2. The number of phenols is 1. The third kappa shape index (κ3) is 4.85. The molecule has 1 amide bonds. The van der Waals surface area contributed by atoms with Crippen LogP contribution in [0.3, 0.4) is 0 Å². The van der Waals surface area contributed by atoms with Gasteiger partial charge < -0.3 is 14.9 Å². The summed E-state index contributed by atoms with van der Waals surface area (Å²) in [7, 11) is 0. The van der Waals surface area contributed by atoms with Crippen molar-refractivity contribution in [1.29, 1.82) is 0 Å². The Morgan fingerprint density at radius 2 is 1.83 bits per heavy atom. The van der Waals surface area contributed by atoms with E-state index in [2.05, 4.69) is 10.5 Å². The van der Waals surface area contributed by atoms with Crippen molar-refractivity contribution in [3.63, 3.8) is 0 Å². The number of carboxylic acid groups (broad SMARTS) is 1. The minimum atomic E-state index is -1.09. The number of nitrogens with zero attached hydrogens (tertiary/aromatic N) is 1. The van der Waals surface area contributed by atoms with E-state index in [0.29, 0.717) is 16.9 Å². The van der Waals surface area contributed by atoms with E-state index in [9.17, 15) is 9.59 Å². The highest BCUT2D eigenvalue weighted by Crippen LogP contribution is 2.15. The van der Waals surface area contributed by atoms with E-state index in [1.807, 2.05) is 0 Å². The Kier molecular flexibility index (Phi) is 5.30. The zero-order chi connectivity index (χ0) is 16.7. The van der Waals surface area contributed by atoms with Gasteiger partial charge in [-0.05, 0) is 36.4 Å². The molecule has 7 nitrogen and oxygen atoms in total. The molecular weight excluding hydrogens is 300 g/mol. The van der Waals surface area contributed by atoms with Gasteiger partial charge in [0.15, 0.2) is 6.61 Å². The van der Waals surface area contributed by atoms with Crippen LogP contribution in [0.25, 0.3) is 0 Å². The fourth-order valence-corrected chi connectivity index (χ4v) is 1.70. The molecule has 2 aromatic carbocycles. The molecule has 2 rings (SSSR count). The highest BCUT2D eigenvalue weighted by atomic mass is 16.5. The van der Waals surface area contributed by atoms with E-state index >= 15 is 0 Å². The van der Waals surface area contributed by atoms with E-state index < -0.39 is 18.5 Å². The van der Waals surface area contributed by atoms with Gasteiger partial charge in [-0.3, -0.25) is 4.79 Å². The predicted octanol–water partition coefficient (Wildman–Crippen LogP) is 1.62. The number of benzene rings is 2. The molecule has 0 aliphatic rings. The van der Waals surface area contributed by atoms with Crippen molar-refractivity contribution in [3.8, 4) is 11.5 Å². The van der Waals surface area contributed by atoms with Gasteiger partial charge in [0.1, 0.15) is 11.5 Å². The molecule has 0 heterocycles. The Bertz CT molecular complexity index is 726. The molecule has 23 heavy (non-hydrogen) atoms. The molecule has 0 aliphatic carbocycles. The number of rotatable bonds is 6. The van der Waals surface area contributed by atoms with Crippen LogP contribution >= 0.6 is 0 Å². The highest BCUT2D eigenvalue weighted by Gasteiger charge is 2.05. The number of hydrogen-bond acceptors (Lipinski definition) is 5. The number of ether oxygens (including phenoxy) is 1. The van der Waals surface area contributed by atoms with Crippen LogP contribution in [-0.4, -0.2) is 34.9 Å². The SMILES string of the molecule is O=C(O)COc1ccccc1/C=N/NC(=O)c1ccc(O)cc1. The van der Waals surface area contributed by atoms with Gasteiger partial charge >= 0.3 is 5.97 Å². The number of aliphatic carboxylic acids is 1. The standard InChI is InChI=1S/C16H14N2O5/c19-13-7-5-11(6-8-13)16(22)18-17-9-12-3-1-2-4-14(12)23-10-15(20)21/h1-9,19H,10H2,(H,18,22)(H,20,21)/b17-9+. The van der Waals surface area contributed by atoms with Crippen LogP contribution in [0.4, 0.5) is 0 Å². The van der Waals surface area contributed by atoms with E-state index in [4.69, 9.17) is 14.9 Å².